The highest BCUT2D eigenvalue weighted by Crippen LogP contribution is 2.37. The second kappa shape index (κ2) is 12.2. The lowest BCUT2D eigenvalue weighted by Crippen LogP contribution is -2.41. The van der Waals surface area contributed by atoms with E-state index in [4.69, 9.17) is 4.74 Å². The molecule has 0 spiro atoms. The summed E-state index contributed by atoms with van der Waals surface area (Å²) in [5.74, 6) is 1.88. The standard InChI is InChI=1S/C27H37FN2O3S/c1-33-21-5-9-26-24(17-21)23(11-13-29-26)25(28)8-3-19-12-15-30(14-2-16-34-22-6-7-22)18-20(19)4-10-27(31)32/h5,9,11,13,17,19-20,22,25H,2-4,6-8,10,12,14-16,18H2,1H3,(H,31,32)/t19-,20+,25?/m1/s1. The van der Waals surface area contributed by atoms with E-state index in [2.05, 4.69) is 21.6 Å². The van der Waals surface area contributed by atoms with Gasteiger partial charge in [0.25, 0.3) is 0 Å². The summed E-state index contributed by atoms with van der Waals surface area (Å²) in [5, 5.41) is 11.0. The molecule has 1 saturated heterocycles. The molecule has 0 bridgehead atoms. The molecule has 1 aliphatic carbocycles. The first-order chi connectivity index (χ1) is 16.5. The number of aromatic nitrogens is 1. The van der Waals surface area contributed by atoms with E-state index < -0.39 is 12.1 Å². The fourth-order valence-corrected chi connectivity index (χ4v) is 6.31. The van der Waals surface area contributed by atoms with E-state index >= 15 is 4.39 Å². The molecule has 2 aliphatic rings. The number of rotatable bonds is 13. The van der Waals surface area contributed by atoms with Gasteiger partial charge in [0.1, 0.15) is 11.9 Å². The molecule has 1 aromatic carbocycles. The smallest absolute Gasteiger partial charge is 0.303 e. The number of thioether (sulfide) groups is 1. The predicted octanol–water partition coefficient (Wildman–Crippen LogP) is 6.12. The molecule has 1 aliphatic heterocycles. The van der Waals surface area contributed by atoms with Crippen molar-refractivity contribution in [1.29, 1.82) is 0 Å². The third-order valence-corrected chi connectivity index (χ3v) is 8.78. The van der Waals surface area contributed by atoms with Crippen LogP contribution >= 0.6 is 11.8 Å². The number of carbonyl (C=O) groups is 1. The zero-order chi connectivity index (χ0) is 23.9. The summed E-state index contributed by atoms with van der Waals surface area (Å²) < 4.78 is 20.8. The highest BCUT2D eigenvalue weighted by atomic mass is 32.2. The predicted molar refractivity (Wildman–Crippen MR) is 136 cm³/mol. The monoisotopic (exact) mass is 488 g/mol. The van der Waals surface area contributed by atoms with Crippen LogP contribution in [-0.2, 0) is 4.79 Å². The van der Waals surface area contributed by atoms with E-state index in [1.165, 1.54) is 25.0 Å². The van der Waals surface area contributed by atoms with Gasteiger partial charge in [0.15, 0.2) is 0 Å². The molecule has 7 heteroatoms. The second-order valence-electron chi connectivity index (χ2n) is 9.79. The number of aliphatic carboxylic acids is 1. The van der Waals surface area contributed by atoms with Crippen molar-refractivity contribution in [1.82, 2.24) is 9.88 Å². The third-order valence-electron chi connectivity index (χ3n) is 7.31. The molecule has 4 rings (SSSR count). The SMILES string of the molecule is COc1ccc2nccc(C(F)CC[C@@H]3CCN(CCCSC4CC4)C[C@@H]3CCC(=O)O)c2c1. The van der Waals surface area contributed by atoms with Crippen molar-refractivity contribution in [2.24, 2.45) is 11.8 Å². The summed E-state index contributed by atoms with van der Waals surface area (Å²) in [5.41, 5.74) is 1.44. The molecule has 34 heavy (non-hydrogen) atoms. The van der Waals surface area contributed by atoms with Crippen LogP contribution in [-0.4, -0.2) is 58.7 Å². The quantitative estimate of drug-likeness (QED) is 0.343. The van der Waals surface area contributed by atoms with Crippen molar-refractivity contribution in [3.8, 4) is 5.75 Å². The number of alkyl halides is 1. The Morgan fingerprint density at radius 1 is 1.26 bits per heavy atom. The van der Waals surface area contributed by atoms with Gasteiger partial charge in [-0.1, -0.05) is 0 Å². The van der Waals surface area contributed by atoms with Crippen LogP contribution < -0.4 is 4.74 Å². The second-order valence-corrected chi connectivity index (χ2v) is 11.2. The van der Waals surface area contributed by atoms with Crippen LogP contribution in [0.5, 0.6) is 5.75 Å². The fourth-order valence-electron chi connectivity index (χ4n) is 5.21. The first-order valence-electron chi connectivity index (χ1n) is 12.7. The molecule has 3 atom stereocenters. The molecule has 186 valence electrons. The molecule has 1 N–H and O–H groups in total. The number of piperidine rings is 1. The summed E-state index contributed by atoms with van der Waals surface area (Å²) in [4.78, 5) is 18.1. The number of likely N-dealkylation sites (tertiary alicyclic amines) is 1. The van der Waals surface area contributed by atoms with Gasteiger partial charge in [-0.3, -0.25) is 9.78 Å². The van der Waals surface area contributed by atoms with Crippen molar-refractivity contribution in [3.05, 3.63) is 36.0 Å². The molecule has 5 nitrogen and oxygen atoms in total. The first-order valence-corrected chi connectivity index (χ1v) is 13.7. The average Bonchev–Trinajstić information content (AvgIpc) is 3.68. The Kier molecular flexibility index (Phi) is 9.06. The van der Waals surface area contributed by atoms with E-state index in [0.717, 1.165) is 48.6 Å². The number of hydrogen-bond acceptors (Lipinski definition) is 5. The van der Waals surface area contributed by atoms with Crippen LogP contribution in [0.25, 0.3) is 10.9 Å². The number of ether oxygens (including phenoxy) is 1. The first kappa shape index (κ1) is 25.2. The van der Waals surface area contributed by atoms with Crippen molar-refractivity contribution < 1.29 is 19.0 Å². The number of carboxylic acids is 1. The maximum absolute atomic E-state index is 15.5. The zero-order valence-corrected chi connectivity index (χ0v) is 20.9. The van der Waals surface area contributed by atoms with E-state index in [1.54, 1.807) is 19.4 Å². The molecule has 2 heterocycles. The maximum atomic E-state index is 15.5. The van der Waals surface area contributed by atoms with E-state index in [0.29, 0.717) is 36.0 Å². The molecule has 0 amide bonds. The number of halogens is 1. The van der Waals surface area contributed by atoms with Crippen molar-refractivity contribution >= 4 is 28.6 Å². The van der Waals surface area contributed by atoms with E-state index in [9.17, 15) is 9.90 Å². The zero-order valence-electron chi connectivity index (χ0n) is 20.1. The molecule has 2 fully saturated rings. The Labute approximate surface area is 206 Å². The normalized spacial score (nSPS) is 22.1. The van der Waals surface area contributed by atoms with E-state index in [-0.39, 0.29) is 6.42 Å². The van der Waals surface area contributed by atoms with Crippen molar-refractivity contribution in [2.45, 2.75) is 62.8 Å². The third kappa shape index (κ3) is 7.08. The molecule has 2 aromatic rings. The van der Waals surface area contributed by atoms with Crippen LogP contribution in [0, 0.1) is 11.8 Å². The summed E-state index contributed by atoms with van der Waals surface area (Å²) in [6, 6.07) is 7.35. The van der Waals surface area contributed by atoms with E-state index in [1.807, 2.05) is 18.2 Å². The van der Waals surface area contributed by atoms with Crippen LogP contribution in [0.1, 0.15) is 63.1 Å². The van der Waals surface area contributed by atoms with Gasteiger partial charge >= 0.3 is 5.97 Å². The van der Waals surface area contributed by atoms with Gasteiger partial charge < -0.3 is 14.7 Å². The van der Waals surface area contributed by atoms with Crippen LogP contribution in [0.15, 0.2) is 30.5 Å². The number of benzene rings is 1. The molecule has 1 saturated carbocycles. The Bertz CT molecular complexity index is 955. The van der Waals surface area contributed by atoms with Crippen molar-refractivity contribution in [3.63, 3.8) is 0 Å². The number of fused-ring (bicyclic) bond motifs is 1. The summed E-state index contributed by atoms with van der Waals surface area (Å²) in [7, 11) is 1.61. The summed E-state index contributed by atoms with van der Waals surface area (Å²) >= 11 is 2.10. The minimum Gasteiger partial charge on any atom is -0.497 e. The van der Waals surface area contributed by atoms with Gasteiger partial charge in [0.2, 0.25) is 0 Å². The average molecular weight is 489 g/mol. The number of hydrogen-bond donors (Lipinski definition) is 1. The topological polar surface area (TPSA) is 62.7 Å². The Balaban J connectivity index is 1.34. The minimum atomic E-state index is -1.07. The minimum absolute atomic E-state index is 0.195. The molecular formula is C27H37FN2O3S. The molecule has 0 radical (unpaired) electrons. The largest absolute Gasteiger partial charge is 0.497 e. The Morgan fingerprint density at radius 2 is 2.12 bits per heavy atom. The van der Waals surface area contributed by atoms with Gasteiger partial charge in [-0.05, 0) is 105 Å². The highest BCUT2D eigenvalue weighted by molar-refractivity contribution is 8.00. The lowest BCUT2D eigenvalue weighted by atomic mass is 9.79. The highest BCUT2D eigenvalue weighted by Gasteiger charge is 2.30. The maximum Gasteiger partial charge on any atom is 0.303 e. The summed E-state index contributed by atoms with van der Waals surface area (Å²) in [6.07, 6.45) is 7.69. The van der Waals surface area contributed by atoms with Crippen LogP contribution in [0.2, 0.25) is 0 Å². The Hall–Kier alpha value is -1.86. The lowest BCUT2D eigenvalue weighted by Gasteiger charge is -2.39. The fraction of sp³-hybridized carbons (Fsp3) is 0.630. The lowest BCUT2D eigenvalue weighted by molar-refractivity contribution is -0.137. The number of nitrogens with zero attached hydrogens (tertiary/aromatic N) is 2. The molecular weight excluding hydrogens is 451 g/mol. The van der Waals surface area contributed by atoms with Gasteiger partial charge in [0.05, 0.1) is 12.6 Å². The number of pyridine rings is 1. The molecule has 1 aromatic heterocycles. The van der Waals surface area contributed by atoms with Crippen LogP contribution in [0.3, 0.4) is 0 Å². The van der Waals surface area contributed by atoms with Crippen molar-refractivity contribution in [2.75, 3.05) is 32.5 Å². The number of methoxy groups -OCH3 is 1. The van der Waals surface area contributed by atoms with Gasteiger partial charge in [0, 0.05) is 29.8 Å². The van der Waals surface area contributed by atoms with Gasteiger partial charge in [-0.25, -0.2) is 4.39 Å². The van der Waals surface area contributed by atoms with Crippen LogP contribution in [0.4, 0.5) is 4.39 Å². The Morgan fingerprint density at radius 3 is 2.88 bits per heavy atom. The molecule has 1 unspecified atom stereocenters. The van der Waals surface area contributed by atoms with Gasteiger partial charge in [-0.2, -0.15) is 11.8 Å². The summed E-state index contributed by atoms with van der Waals surface area (Å²) in [6.45, 7) is 3.07. The number of carboxylic acid groups (broad SMARTS) is 1. The van der Waals surface area contributed by atoms with Gasteiger partial charge in [-0.15, -0.1) is 0 Å².